The van der Waals surface area contributed by atoms with Crippen LogP contribution in [-0.4, -0.2) is 29.4 Å². The molecule has 0 radical (unpaired) electrons. The molecule has 2 aromatic rings. The number of benzene rings is 2. The summed E-state index contributed by atoms with van der Waals surface area (Å²) in [7, 11) is 0. The van der Waals surface area contributed by atoms with Crippen molar-refractivity contribution in [2.24, 2.45) is 0 Å². The van der Waals surface area contributed by atoms with Gasteiger partial charge in [-0.15, -0.1) is 0 Å². The van der Waals surface area contributed by atoms with Crippen LogP contribution >= 0.6 is 0 Å². The Morgan fingerprint density at radius 2 is 1.75 bits per heavy atom. The first-order valence-corrected chi connectivity index (χ1v) is 11.3. The van der Waals surface area contributed by atoms with Crippen molar-refractivity contribution in [2.75, 3.05) is 6.61 Å². The van der Waals surface area contributed by atoms with Crippen molar-refractivity contribution in [3.8, 4) is 11.8 Å². The van der Waals surface area contributed by atoms with Crippen molar-refractivity contribution in [2.45, 2.75) is 58.5 Å². The average Bonchev–Trinajstić information content (AvgIpc) is 2.80. The number of carbonyl (C=O) groups excluding carboxylic acids is 2. The molecule has 0 aliphatic heterocycles. The van der Waals surface area contributed by atoms with Gasteiger partial charge in [0.05, 0.1) is 28.9 Å². The van der Waals surface area contributed by atoms with E-state index in [9.17, 15) is 20.0 Å². The van der Waals surface area contributed by atoms with Gasteiger partial charge in [0.2, 0.25) is 0 Å². The predicted molar refractivity (Wildman–Crippen MR) is 123 cm³/mol. The van der Waals surface area contributed by atoms with Crippen molar-refractivity contribution in [3.05, 3.63) is 75.9 Å². The highest BCUT2D eigenvalue weighted by Crippen LogP contribution is 2.38. The number of hydrogen-bond acceptors (Lipinski definition) is 5. The van der Waals surface area contributed by atoms with Crippen molar-refractivity contribution >= 4 is 11.6 Å². The molecule has 0 spiro atoms. The Hall–Kier alpha value is -3.23. The Balaban J connectivity index is 1.96. The summed E-state index contributed by atoms with van der Waals surface area (Å²) in [6.45, 7) is 4.28. The van der Waals surface area contributed by atoms with Crippen molar-refractivity contribution in [1.29, 1.82) is 5.26 Å². The first kappa shape index (κ1) is 23.4. The van der Waals surface area contributed by atoms with Crippen LogP contribution in [0.15, 0.2) is 42.5 Å². The molecule has 5 nitrogen and oxygen atoms in total. The quantitative estimate of drug-likeness (QED) is 0.354. The van der Waals surface area contributed by atoms with Gasteiger partial charge in [0.1, 0.15) is 12.4 Å². The molecule has 166 valence electrons. The van der Waals surface area contributed by atoms with E-state index in [2.05, 4.69) is 13.0 Å². The Morgan fingerprint density at radius 1 is 1.06 bits per heavy atom. The molecule has 32 heavy (non-hydrogen) atoms. The van der Waals surface area contributed by atoms with Gasteiger partial charge >= 0.3 is 0 Å². The van der Waals surface area contributed by atoms with Gasteiger partial charge in [-0.05, 0) is 30.5 Å². The second-order valence-electron chi connectivity index (χ2n) is 8.03. The average molecular weight is 432 g/mol. The van der Waals surface area contributed by atoms with Crippen LogP contribution in [-0.2, 0) is 6.42 Å². The van der Waals surface area contributed by atoms with Gasteiger partial charge in [0.25, 0.3) is 0 Å². The summed E-state index contributed by atoms with van der Waals surface area (Å²) < 4.78 is 6.02. The standard InChI is InChI=1S/C27H29NO4/c1-3-5-6-11-20(29)12-9-15-32-27-18(10-4-2)16-19(17-28)23-24(27)26(31)22-14-8-7-13-21(22)25(23)30/h7-9,12-14,16,20,29H,3-6,10-11,15H2,1-2H3/b12-9+. The molecule has 0 aromatic heterocycles. The van der Waals surface area contributed by atoms with Crippen LogP contribution in [0, 0.1) is 11.3 Å². The second-order valence-corrected chi connectivity index (χ2v) is 8.03. The van der Waals surface area contributed by atoms with Crippen LogP contribution in [0.25, 0.3) is 0 Å². The number of carbonyl (C=O) groups is 2. The molecule has 1 aliphatic rings. The molecule has 1 atom stereocenters. The summed E-state index contributed by atoms with van der Waals surface area (Å²) in [5.41, 5.74) is 1.87. The van der Waals surface area contributed by atoms with Gasteiger partial charge in [0, 0.05) is 11.1 Å². The molecule has 0 bridgehead atoms. The second kappa shape index (κ2) is 10.9. The topological polar surface area (TPSA) is 87.4 Å². The monoisotopic (exact) mass is 431 g/mol. The maximum atomic E-state index is 13.4. The van der Waals surface area contributed by atoms with E-state index in [0.717, 1.165) is 31.2 Å². The Bertz CT molecular complexity index is 1080. The molecular weight excluding hydrogens is 402 g/mol. The molecule has 0 saturated carbocycles. The molecule has 2 aromatic carbocycles. The number of unbranched alkanes of at least 4 members (excludes halogenated alkanes) is 2. The third kappa shape index (κ3) is 4.81. The lowest BCUT2D eigenvalue weighted by Gasteiger charge is -2.23. The lowest BCUT2D eigenvalue weighted by molar-refractivity contribution is 0.0975. The third-order valence-electron chi connectivity index (χ3n) is 5.65. The lowest BCUT2D eigenvalue weighted by atomic mass is 9.80. The van der Waals surface area contributed by atoms with Gasteiger partial charge < -0.3 is 9.84 Å². The molecule has 1 unspecified atom stereocenters. The molecule has 0 heterocycles. The molecular formula is C27H29NO4. The summed E-state index contributed by atoms with van der Waals surface area (Å²) >= 11 is 0. The van der Waals surface area contributed by atoms with Crippen molar-refractivity contribution in [1.82, 2.24) is 0 Å². The molecule has 0 saturated heterocycles. The Labute approximate surface area is 189 Å². The van der Waals surface area contributed by atoms with Gasteiger partial charge in [-0.3, -0.25) is 9.59 Å². The lowest BCUT2D eigenvalue weighted by Crippen LogP contribution is -2.24. The molecule has 1 aliphatic carbocycles. The van der Waals surface area contributed by atoms with E-state index in [0.29, 0.717) is 29.7 Å². The largest absolute Gasteiger partial charge is 0.488 e. The van der Waals surface area contributed by atoms with Crippen LogP contribution in [0.3, 0.4) is 0 Å². The fourth-order valence-corrected chi connectivity index (χ4v) is 4.07. The molecule has 1 N–H and O–H groups in total. The van der Waals surface area contributed by atoms with Gasteiger partial charge in [0.15, 0.2) is 11.6 Å². The minimum Gasteiger partial charge on any atom is -0.488 e. The zero-order valence-corrected chi connectivity index (χ0v) is 18.7. The summed E-state index contributed by atoms with van der Waals surface area (Å²) in [6, 6.07) is 10.4. The number of fused-ring (bicyclic) bond motifs is 2. The highest BCUT2D eigenvalue weighted by molar-refractivity contribution is 6.30. The third-order valence-corrected chi connectivity index (χ3v) is 5.65. The van der Waals surface area contributed by atoms with Crippen LogP contribution in [0.5, 0.6) is 5.75 Å². The SMILES string of the molecule is CCCCCC(O)/C=C/COc1c(CCC)cc(C#N)c2c1C(=O)c1ccccc1C2=O. The molecule has 5 heteroatoms. The van der Waals surface area contributed by atoms with Crippen LogP contribution in [0.2, 0.25) is 0 Å². The summed E-state index contributed by atoms with van der Waals surface area (Å²) in [4.78, 5) is 26.6. The zero-order valence-electron chi connectivity index (χ0n) is 18.7. The predicted octanol–water partition coefficient (Wildman–Crippen LogP) is 5.16. The minimum atomic E-state index is -0.537. The van der Waals surface area contributed by atoms with E-state index < -0.39 is 6.10 Å². The number of hydrogen-bond donors (Lipinski definition) is 1. The van der Waals surface area contributed by atoms with E-state index in [1.54, 1.807) is 42.5 Å². The van der Waals surface area contributed by atoms with E-state index in [4.69, 9.17) is 4.74 Å². The van der Waals surface area contributed by atoms with Crippen LogP contribution < -0.4 is 4.74 Å². The Kier molecular flexibility index (Phi) is 7.97. The highest BCUT2D eigenvalue weighted by Gasteiger charge is 2.35. The number of ether oxygens (including phenoxy) is 1. The van der Waals surface area contributed by atoms with Crippen LogP contribution in [0.4, 0.5) is 0 Å². The van der Waals surface area contributed by atoms with Crippen LogP contribution in [0.1, 0.15) is 88.9 Å². The normalized spacial score (nSPS) is 13.6. The number of aliphatic hydroxyl groups is 1. The maximum Gasteiger partial charge on any atom is 0.198 e. The van der Waals surface area contributed by atoms with E-state index in [1.165, 1.54) is 0 Å². The van der Waals surface area contributed by atoms with Gasteiger partial charge in [-0.1, -0.05) is 69.9 Å². The summed E-state index contributed by atoms with van der Waals surface area (Å²) in [5, 5.41) is 19.8. The fourth-order valence-electron chi connectivity index (χ4n) is 4.07. The van der Waals surface area contributed by atoms with Crippen molar-refractivity contribution in [3.63, 3.8) is 0 Å². The minimum absolute atomic E-state index is 0.120. The van der Waals surface area contributed by atoms with E-state index in [-0.39, 0.29) is 34.9 Å². The fraction of sp³-hybridized carbons (Fsp3) is 0.370. The number of aliphatic hydroxyl groups excluding tert-OH is 1. The summed E-state index contributed by atoms with van der Waals surface area (Å²) in [5.74, 6) is -0.274. The van der Waals surface area contributed by atoms with E-state index in [1.807, 2.05) is 6.92 Å². The van der Waals surface area contributed by atoms with Gasteiger partial charge in [-0.25, -0.2) is 0 Å². The Morgan fingerprint density at radius 3 is 2.38 bits per heavy atom. The number of nitriles is 1. The molecule has 0 fully saturated rings. The first-order chi connectivity index (χ1) is 15.5. The molecule has 0 amide bonds. The molecule has 3 rings (SSSR count). The van der Waals surface area contributed by atoms with Crippen molar-refractivity contribution < 1.29 is 19.4 Å². The number of nitrogens with zero attached hydrogens (tertiary/aromatic N) is 1. The maximum absolute atomic E-state index is 13.4. The van der Waals surface area contributed by atoms with Gasteiger partial charge in [-0.2, -0.15) is 5.26 Å². The number of rotatable bonds is 10. The zero-order chi connectivity index (χ0) is 23.1. The number of aryl methyl sites for hydroxylation is 1. The summed E-state index contributed by atoms with van der Waals surface area (Å²) in [6.07, 6.45) is 8.15. The van der Waals surface area contributed by atoms with E-state index >= 15 is 0 Å². The smallest absolute Gasteiger partial charge is 0.198 e. The number of ketones is 2. The first-order valence-electron chi connectivity index (χ1n) is 11.3. The highest BCUT2D eigenvalue weighted by atomic mass is 16.5.